The number of nitrogens with zero attached hydrogens (tertiary/aromatic N) is 2. The van der Waals surface area contributed by atoms with E-state index in [0.717, 1.165) is 17.8 Å². The van der Waals surface area contributed by atoms with Crippen LogP contribution in [0.5, 0.6) is 0 Å². The maximum Gasteiger partial charge on any atom is 0.133 e. The Hall–Kier alpha value is -0.920. The Labute approximate surface area is 86.8 Å². The summed E-state index contributed by atoms with van der Waals surface area (Å²) in [6.07, 6.45) is 7.43. The molecule has 1 heterocycles. The van der Waals surface area contributed by atoms with Gasteiger partial charge in [-0.15, -0.1) is 0 Å². The van der Waals surface area contributed by atoms with Gasteiger partial charge >= 0.3 is 0 Å². The zero-order chi connectivity index (χ0) is 10.6. The molecule has 0 saturated carbocycles. The second-order valence-corrected chi connectivity index (χ2v) is 4.57. The molecule has 0 aliphatic rings. The lowest BCUT2D eigenvalue weighted by atomic mass is 9.86. The SMILES string of the molecule is CCCCC(C)(C)c1ncc(C)cn1. The molecule has 0 unspecified atom stereocenters. The van der Waals surface area contributed by atoms with Crippen molar-refractivity contribution in [3.05, 3.63) is 23.8 Å². The van der Waals surface area contributed by atoms with Gasteiger partial charge < -0.3 is 0 Å². The van der Waals surface area contributed by atoms with Gasteiger partial charge in [-0.1, -0.05) is 33.6 Å². The Morgan fingerprint density at radius 2 is 1.79 bits per heavy atom. The van der Waals surface area contributed by atoms with Gasteiger partial charge in [-0.25, -0.2) is 9.97 Å². The highest BCUT2D eigenvalue weighted by atomic mass is 14.9. The third-order valence-corrected chi connectivity index (χ3v) is 2.54. The van der Waals surface area contributed by atoms with Crippen molar-refractivity contribution in [2.75, 3.05) is 0 Å². The summed E-state index contributed by atoms with van der Waals surface area (Å²) >= 11 is 0. The van der Waals surface area contributed by atoms with Crippen LogP contribution in [0.4, 0.5) is 0 Å². The van der Waals surface area contributed by atoms with Gasteiger partial charge in [-0.2, -0.15) is 0 Å². The maximum atomic E-state index is 4.39. The Kier molecular flexibility index (Phi) is 3.62. The van der Waals surface area contributed by atoms with Gasteiger partial charge in [-0.05, 0) is 18.9 Å². The molecule has 78 valence electrons. The second-order valence-electron chi connectivity index (χ2n) is 4.57. The molecule has 0 N–H and O–H groups in total. The Balaban J connectivity index is 2.75. The standard InChI is InChI=1S/C12H20N2/c1-5-6-7-12(3,4)11-13-8-10(2)9-14-11/h8-9H,5-7H2,1-4H3. The Morgan fingerprint density at radius 1 is 1.21 bits per heavy atom. The van der Waals surface area contributed by atoms with Crippen LogP contribution in [0.1, 0.15) is 51.4 Å². The lowest BCUT2D eigenvalue weighted by Gasteiger charge is -2.22. The van der Waals surface area contributed by atoms with E-state index < -0.39 is 0 Å². The number of unbranched alkanes of at least 4 members (excludes halogenated alkanes) is 1. The van der Waals surface area contributed by atoms with E-state index >= 15 is 0 Å². The van der Waals surface area contributed by atoms with Crippen molar-refractivity contribution >= 4 is 0 Å². The van der Waals surface area contributed by atoms with Crippen molar-refractivity contribution in [1.82, 2.24) is 9.97 Å². The topological polar surface area (TPSA) is 25.8 Å². The van der Waals surface area contributed by atoms with Crippen molar-refractivity contribution in [2.45, 2.75) is 52.4 Å². The van der Waals surface area contributed by atoms with Crippen molar-refractivity contribution in [3.63, 3.8) is 0 Å². The first-order chi connectivity index (χ1) is 6.56. The molecular formula is C12H20N2. The predicted octanol–water partition coefficient (Wildman–Crippen LogP) is 3.25. The molecule has 0 aliphatic heterocycles. The Bertz CT molecular complexity index is 275. The van der Waals surface area contributed by atoms with Gasteiger partial charge in [0.15, 0.2) is 0 Å². The van der Waals surface area contributed by atoms with Crippen molar-refractivity contribution < 1.29 is 0 Å². The minimum absolute atomic E-state index is 0.115. The van der Waals surface area contributed by atoms with E-state index in [4.69, 9.17) is 0 Å². The summed E-state index contributed by atoms with van der Waals surface area (Å²) < 4.78 is 0. The summed E-state index contributed by atoms with van der Waals surface area (Å²) in [7, 11) is 0. The first kappa shape index (κ1) is 11.2. The van der Waals surface area contributed by atoms with Crippen LogP contribution in [0.2, 0.25) is 0 Å². The summed E-state index contributed by atoms with van der Waals surface area (Å²) in [5.41, 5.74) is 1.24. The van der Waals surface area contributed by atoms with Gasteiger partial charge in [0.25, 0.3) is 0 Å². The van der Waals surface area contributed by atoms with E-state index in [1.165, 1.54) is 12.8 Å². The quantitative estimate of drug-likeness (QED) is 0.731. The molecule has 1 aromatic rings. The molecule has 0 aliphatic carbocycles. The van der Waals surface area contributed by atoms with Crippen LogP contribution in [0.15, 0.2) is 12.4 Å². The molecule has 2 heteroatoms. The normalized spacial score (nSPS) is 11.7. The average molecular weight is 192 g/mol. The van der Waals surface area contributed by atoms with Crippen LogP contribution in [-0.2, 0) is 5.41 Å². The molecule has 0 bridgehead atoms. The second kappa shape index (κ2) is 4.54. The van der Waals surface area contributed by atoms with Crippen LogP contribution in [-0.4, -0.2) is 9.97 Å². The highest BCUT2D eigenvalue weighted by Crippen LogP contribution is 2.25. The highest BCUT2D eigenvalue weighted by molar-refractivity contribution is 5.08. The first-order valence-corrected chi connectivity index (χ1v) is 5.35. The number of aromatic nitrogens is 2. The fraction of sp³-hybridized carbons (Fsp3) is 0.667. The lowest BCUT2D eigenvalue weighted by molar-refractivity contribution is 0.431. The monoisotopic (exact) mass is 192 g/mol. The third kappa shape index (κ3) is 2.79. The zero-order valence-corrected chi connectivity index (χ0v) is 9.67. The van der Waals surface area contributed by atoms with E-state index in [1.54, 1.807) is 0 Å². The van der Waals surface area contributed by atoms with Crippen LogP contribution < -0.4 is 0 Å². The van der Waals surface area contributed by atoms with E-state index in [9.17, 15) is 0 Å². The van der Waals surface area contributed by atoms with Crippen LogP contribution in [0.25, 0.3) is 0 Å². The molecule has 1 aromatic heterocycles. The molecule has 0 atom stereocenters. The van der Waals surface area contributed by atoms with Gasteiger partial charge in [0.2, 0.25) is 0 Å². The van der Waals surface area contributed by atoms with Crippen LogP contribution in [0.3, 0.4) is 0 Å². The molecule has 1 rings (SSSR count). The molecule has 0 spiro atoms. The van der Waals surface area contributed by atoms with Crippen molar-refractivity contribution in [1.29, 1.82) is 0 Å². The van der Waals surface area contributed by atoms with Gasteiger partial charge in [0.1, 0.15) is 5.82 Å². The predicted molar refractivity (Wildman–Crippen MR) is 59.3 cm³/mol. The number of aryl methyl sites for hydroxylation is 1. The molecule has 0 radical (unpaired) electrons. The number of hydrogen-bond acceptors (Lipinski definition) is 2. The third-order valence-electron chi connectivity index (χ3n) is 2.54. The fourth-order valence-electron chi connectivity index (χ4n) is 1.47. The van der Waals surface area contributed by atoms with E-state index in [0.29, 0.717) is 0 Å². The molecule has 2 nitrogen and oxygen atoms in total. The van der Waals surface area contributed by atoms with E-state index in [1.807, 2.05) is 19.3 Å². The maximum absolute atomic E-state index is 4.39. The molecule has 14 heavy (non-hydrogen) atoms. The summed E-state index contributed by atoms with van der Waals surface area (Å²) in [5.74, 6) is 0.969. The van der Waals surface area contributed by atoms with Crippen molar-refractivity contribution in [2.24, 2.45) is 0 Å². The fourth-order valence-corrected chi connectivity index (χ4v) is 1.47. The largest absolute Gasteiger partial charge is 0.241 e. The summed E-state index contributed by atoms with van der Waals surface area (Å²) in [6, 6.07) is 0. The smallest absolute Gasteiger partial charge is 0.133 e. The van der Waals surface area contributed by atoms with Crippen LogP contribution >= 0.6 is 0 Å². The zero-order valence-electron chi connectivity index (χ0n) is 9.67. The molecule has 0 aromatic carbocycles. The Morgan fingerprint density at radius 3 is 2.29 bits per heavy atom. The van der Waals surface area contributed by atoms with E-state index in [2.05, 4.69) is 30.7 Å². The number of rotatable bonds is 4. The summed E-state index contributed by atoms with van der Waals surface area (Å²) in [5, 5.41) is 0. The van der Waals surface area contributed by atoms with Gasteiger partial charge in [-0.3, -0.25) is 0 Å². The molecule has 0 saturated heterocycles. The van der Waals surface area contributed by atoms with Gasteiger partial charge in [0, 0.05) is 17.8 Å². The molecule has 0 amide bonds. The minimum atomic E-state index is 0.115. The number of hydrogen-bond donors (Lipinski definition) is 0. The van der Waals surface area contributed by atoms with E-state index in [-0.39, 0.29) is 5.41 Å². The average Bonchev–Trinajstić information content (AvgIpc) is 2.16. The van der Waals surface area contributed by atoms with Gasteiger partial charge in [0.05, 0.1) is 0 Å². The minimum Gasteiger partial charge on any atom is -0.241 e. The summed E-state index contributed by atoms with van der Waals surface area (Å²) in [4.78, 5) is 8.78. The lowest BCUT2D eigenvalue weighted by Crippen LogP contribution is -2.20. The molecular weight excluding hydrogens is 172 g/mol. The van der Waals surface area contributed by atoms with Crippen molar-refractivity contribution in [3.8, 4) is 0 Å². The highest BCUT2D eigenvalue weighted by Gasteiger charge is 2.22. The van der Waals surface area contributed by atoms with Crippen LogP contribution in [0, 0.1) is 6.92 Å². The molecule has 0 fully saturated rings. The first-order valence-electron chi connectivity index (χ1n) is 5.35. The summed E-state index contributed by atoms with van der Waals surface area (Å²) in [6.45, 7) is 8.66.